The second kappa shape index (κ2) is 9.27. The third-order valence-corrected chi connectivity index (χ3v) is 8.87. The Kier molecular flexibility index (Phi) is 6.21. The van der Waals surface area contributed by atoms with Crippen molar-refractivity contribution in [1.29, 1.82) is 5.26 Å². The van der Waals surface area contributed by atoms with Gasteiger partial charge in [-0.3, -0.25) is 9.69 Å². The second-order valence-corrected chi connectivity index (χ2v) is 11.1. The molecule has 6 nitrogen and oxygen atoms in total. The summed E-state index contributed by atoms with van der Waals surface area (Å²) in [5.74, 6) is -1.14. The lowest BCUT2D eigenvalue weighted by Crippen LogP contribution is -2.38. The number of nitrogens with zero attached hydrogens (tertiary/aromatic N) is 4. The van der Waals surface area contributed by atoms with E-state index in [2.05, 4.69) is 16.3 Å². The predicted molar refractivity (Wildman–Crippen MR) is 127 cm³/mol. The number of benzene rings is 1. The lowest BCUT2D eigenvalue weighted by atomic mass is 9.75. The van der Waals surface area contributed by atoms with Crippen molar-refractivity contribution in [1.82, 2.24) is 10.2 Å². The molecule has 2 heterocycles. The van der Waals surface area contributed by atoms with Crippen LogP contribution in [-0.4, -0.2) is 21.2 Å². The maximum absolute atomic E-state index is 14.8. The minimum absolute atomic E-state index is 0.0731. The van der Waals surface area contributed by atoms with Crippen molar-refractivity contribution in [3.05, 3.63) is 58.3 Å². The molecular weight excluding hydrogens is 457 g/mol. The van der Waals surface area contributed by atoms with E-state index < -0.39 is 11.7 Å². The van der Waals surface area contributed by atoms with E-state index in [4.69, 9.17) is 5.73 Å². The van der Waals surface area contributed by atoms with Crippen LogP contribution in [0.3, 0.4) is 0 Å². The molecule has 9 heteroatoms. The first kappa shape index (κ1) is 22.1. The van der Waals surface area contributed by atoms with Crippen molar-refractivity contribution >= 4 is 34.0 Å². The van der Waals surface area contributed by atoms with Crippen LogP contribution >= 0.6 is 23.1 Å². The average Bonchev–Trinajstić information content (AvgIpc) is 3.27. The number of rotatable bonds is 4. The van der Waals surface area contributed by atoms with Gasteiger partial charge in [-0.05, 0) is 31.7 Å². The molecule has 1 aromatic heterocycles. The lowest BCUT2D eigenvalue weighted by Gasteiger charge is -2.38. The van der Waals surface area contributed by atoms with E-state index in [1.54, 1.807) is 34.9 Å². The van der Waals surface area contributed by atoms with Crippen LogP contribution in [0.5, 0.6) is 0 Å². The number of carbonyl (C=O) groups excluding carboxylic acids is 1. The quantitative estimate of drug-likeness (QED) is 0.624. The van der Waals surface area contributed by atoms with Crippen molar-refractivity contribution in [3.8, 4) is 6.07 Å². The fourth-order valence-corrected chi connectivity index (χ4v) is 7.38. The second-order valence-electron chi connectivity index (χ2n) is 8.57. The summed E-state index contributed by atoms with van der Waals surface area (Å²) in [4.78, 5) is 14.8. The number of nitrogens with two attached hydrogens (primary N) is 1. The molecular formula is C24H24FN5OS2. The Balaban J connectivity index is 1.58. The van der Waals surface area contributed by atoms with Gasteiger partial charge in [0, 0.05) is 28.5 Å². The van der Waals surface area contributed by atoms with Gasteiger partial charge >= 0.3 is 0 Å². The van der Waals surface area contributed by atoms with Crippen LogP contribution in [-0.2, 0) is 4.79 Å². The normalized spacial score (nSPS) is 21.9. The van der Waals surface area contributed by atoms with Gasteiger partial charge in [0.05, 0.1) is 17.6 Å². The van der Waals surface area contributed by atoms with E-state index in [0.29, 0.717) is 46.5 Å². The molecule has 170 valence electrons. The molecule has 1 fully saturated rings. The van der Waals surface area contributed by atoms with Crippen molar-refractivity contribution in [3.63, 3.8) is 0 Å². The topological polar surface area (TPSA) is 95.9 Å². The van der Waals surface area contributed by atoms with Crippen molar-refractivity contribution in [2.45, 2.75) is 66.9 Å². The molecule has 2 N–H and O–H groups in total. The largest absolute Gasteiger partial charge is 0.384 e. The van der Waals surface area contributed by atoms with E-state index in [-0.39, 0.29) is 17.2 Å². The number of ketones is 1. The van der Waals surface area contributed by atoms with E-state index in [1.165, 1.54) is 49.5 Å². The molecule has 0 bridgehead atoms. The van der Waals surface area contributed by atoms with E-state index >= 15 is 0 Å². The number of carbonyl (C=O) groups is 1. The molecule has 2 aromatic rings. The van der Waals surface area contributed by atoms with E-state index in [1.807, 2.05) is 0 Å². The Morgan fingerprint density at radius 3 is 2.70 bits per heavy atom. The summed E-state index contributed by atoms with van der Waals surface area (Å²) in [7, 11) is 0. The monoisotopic (exact) mass is 481 g/mol. The lowest BCUT2D eigenvalue weighted by molar-refractivity contribution is -0.116. The molecule has 1 aromatic carbocycles. The highest BCUT2D eigenvalue weighted by molar-refractivity contribution is 8.01. The number of hydrogen-bond donors (Lipinski definition) is 1. The van der Waals surface area contributed by atoms with Crippen LogP contribution in [0.25, 0.3) is 0 Å². The van der Waals surface area contributed by atoms with Crippen LogP contribution in [0.4, 0.5) is 9.52 Å². The molecule has 2 aliphatic carbocycles. The van der Waals surface area contributed by atoms with Gasteiger partial charge in [0.2, 0.25) is 5.13 Å². The van der Waals surface area contributed by atoms with Gasteiger partial charge in [0.1, 0.15) is 11.6 Å². The number of hydrogen-bond acceptors (Lipinski definition) is 8. The first-order valence-corrected chi connectivity index (χ1v) is 13.0. The molecule has 1 unspecified atom stereocenters. The van der Waals surface area contributed by atoms with Crippen LogP contribution in [0.2, 0.25) is 0 Å². The van der Waals surface area contributed by atoms with Crippen molar-refractivity contribution in [2.75, 3.05) is 4.90 Å². The molecule has 0 amide bonds. The third-order valence-electron chi connectivity index (χ3n) is 6.54. The van der Waals surface area contributed by atoms with Gasteiger partial charge in [-0.15, -0.1) is 10.2 Å². The summed E-state index contributed by atoms with van der Waals surface area (Å²) in [5, 5.41) is 19.9. The number of allylic oxidation sites excluding steroid dienone is 3. The molecule has 1 aliphatic heterocycles. The summed E-state index contributed by atoms with van der Waals surface area (Å²) in [6.07, 6.45) is 7.79. The molecule has 0 spiro atoms. The summed E-state index contributed by atoms with van der Waals surface area (Å²) >= 11 is 3.18. The minimum Gasteiger partial charge on any atom is -0.384 e. The smallest absolute Gasteiger partial charge is 0.219 e. The standard InChI is InChI=1S/C24H24FN5OS2/c25-17-10-5-4-9-15(17)20-16(13-26)22(27)30(18-11-6-12-19(31)21(18)20)23-28-29-24(33-23)32-14-7-2-1-3-8-14/h4-5,9-10,14,20H,1-3,6-8,11-12,27H2. The fourth-order valence-electron chi connectivity index (χ4n) is 4.99. The molecule has 1 saturated carbocycles. The Hall–Kier alpha value is -2.70. The van der Waals surface area contributed by atoms with Crippen molar-refractivity contribution < 1.29 is 9.18 Å². The number of aromatic nitrogens is 2. The number of halogens is 1. The number of Topliss-reactive ketones (excluding diaryl/α,β-unsaturated/α-hetero) is 1. The zero-order valence-electron chi connectivity index (χ0n) is 18.1. The third kappa shape index (κ3) is 4.06. The SMILES string of the molecule is N#CC1=C(N)N(c2nnc(SC3CCCCC3)s2)C2=C(C(=O)CCC2)C1c1ccccc1F. The minimum atomic E-state index is -0.806. The maximum Gasteiger partial charge on any atom is 0.219 e. The zero-order chi connectivity index (χ0) is 22.9. The highest BCUT2D eigenvalue weighted by Crippen LogP contribution is 2.48. The molecule has 3 aliphatic rings. The van der Waals surface area contributed by atoms with E-state index in [0.717, 1.165) is 4.34 Å². The summed E-state index contributed by atoms with van der Waals surface area (Å²) < 4.78 is 15.7. The molecule has 0 saturated heterocycles. The van der Waals surface area contributed by atoms with Crippen LogP contribution in [0.1, 0.15) is 62.8 Å². The van der Waals surface area contributed by atoms with E-state index in [9.17, 15) is 14.4 Å². The maximum atomic E-state index is 14.8. The molecule has 33 heavy (non-hydrogen) atoms. The summed E-state index contributed by atoms with van der Waals surface area (Å²) in [6.45, 7) is 0. The Bertz CT molecular complexity index is 1190. The first-order valence-electron chi connectivity index (χ1n) is 11.3. The van der Waals surface area contributed by atoms with Gasteiger partial charge in [0.25, 0.3) is 0 Å². The molecule has 5 rings (SSSR count). The zero-order valence-corrected chi connectivity index (χ0v) is 19.7. The summed E-state index contributed by atoms with van der Waals surface area (Å²) in [6, 6.07) is 8.44. The number of thioether (sulfide) groups is 1. The van der Waals surface area contributed by atoms with Gasteiger partial charge in [-0.25, -0.2) is 4.39 Å². The summed E-state index contributed by atoms with van der Waals surface area (Å²) in [5.41, 5.74) is 8.17. The van der Waals surface area contributed by atoms with Gasteiger partial charge in [0.15, 0.2) is 10.1 Å². The predicted octanol–water partition coefficient (Wildman–Crippen LogP) is 5.41. The van der Waals surface area contributed by atoms with Gasteiger partial charge in [-0.2, -0.15) is 5.26 Å². The average molecular weight is 482 g/mol. The molecule has 1 atom stereocenters. The fraction of sp³-hybridized carbons (Fsp3) is 0.417. The highest BCUT2D eigenvalue weighted by atomic mass is 32.2. The number of anilines is 1. The first-order chi connectivity index (χ1) is 16.1. The van der Waals surface area contributed by atoms with Gasteiger partial charge in [-0.1, -0.05) is 60.6 Å². The van der Waals surface area contributed by atoms with Crippen molar-refractivity contribution in [2.24, 2.45) is 5.73 Å². The number of nitriles is 1. The van der Waals surface area contributed by atoms with Crippen LogP contribution in [0.15, 0.2) is 51.3 Å². The Morgan fingerprint density at radius 2 is 1.94 bits per heavy atom. The van der Waals surface area contributed by atoms with Gasteiger partial charge < -0.3 is 5.73 Å². The highest BCUT2D eigenvalue weighted by Gasteiger charge is 2.42. The Morgan fingerprint density at radius 1 is 1.15 bits per heavy atom. The van der Waals surface area contributed by atoms with Crippen LogP contribution in [0, 0.1) is 17.1 Å². The molecule has 0 radical (unpaired) electrons. The van der Waals surface area contributed by atoms with Crippen LogP contribution < -0.4 is 10.6 Å². The Labute approximate surface area is 200 Å².